The van der Waals surface area contributed by atoms with Crippen molar-refractivity contribution in [3.05, 3.63) is 18.2 Å². The van der Waals surface area contributed by atoms with Gasteiger partial charge in [-0.15, -0.1) is 6.42 Å². The number of anilines is 1. The van der Waals surface area contributed by atoms with Crippen LogP contribution in [0.4, 0.5) is 14.6 Å². The van der Waals surface area contributed by atoms with Gasteiger partial charge in [0.05, 0.1) is 12.9 Å². The van der Waals surface area contributed by atoms with Gasteiger partial charge in [0, 0.05) is 12.7 Å². The van der Waals surface area contributed by atoms with Gasteiger partial charge >= 0.3 is 14.5 Å². The van der Waals surface area contributed by atoms with Gasteiger partial charge in [-0.05, 0) is 11.8 Å². The van der Waals surface area contributed by atoms with Crippen LogP contribution in [0, 0.1) is 12.3 Å². The number of alkyl halides is 2. The number of hydrogen-bond acceptors (Lipinski definition) is 17. The highest BCUT2D eigenvalue weighted by atomic mass is 32.5. The number of nitrogens with zero attached hydrogens (tertiary/aromatic N) is 2. The first-order valence-electron chi connectivity index (χ1n) is 12.2. The first-order chi connectivity index (χ1) is 20.5. The minimum atomic E-state index is -5.66. The Morgan fingerprint density at radius 3 is 2.55 bits per heavy atom. The summed E-state index contributed by atoms with van der Waals surface area (Å²) in [5.74, 6) is -1.32. The molecule has 2 saturated heterocycles. The molecule has 44 heavy (non-hydrogen) atoms. The van der Waals surface area contributed by atoms with Crippen LogP contribution in [0.15, 0.2) is 17.0 Å². The van der Waals surface area contributed by atoms with Gasteiger partial charge in [-0.3, -0.25) is 4.52 Å². The number of aromatic nitrogens is 2. The minimum Gasteiger partial charge on any atom is -0.458 e. The van der Waals surface area contributed by atoms with Crippen molar-refractivity contribution in [3.63, 3.8) is 0 Å². The van der Waals surface area contributed by atoms with Crippen LogP contribution in [0.5, 0.6) is 0 Å². The van der Waals surface area contributed by atoms with Crippen LogP contribution in [0.25, 0.3) is 11.1 Å². The van der Waals surface area contributed by atoms with E-state index < -0.39 is 88.3 Å². The smallest absolute Gasteiger partial charge is 0.458 e. The van der Waals surface area contributed by atoms with Crippen molar-refractivity contribution in [1.29, 1.82) is 0 Å². The van der Waals surface area contributed by atoms with Crippen LogP contribution < -0.4 is 5.73 Å². The van der Waals surface area contributed by atoms with Crippen molar-refractivity contribution in [2.75, 3.05) is 26.1 Å². The number of methoxy groups -OCH3 is 1. The molecule has 2 aliphatic heterocycles. The van der Waals surface area contributed by atoms with Crippen LogP contribution in [0.3, 0.4) is 0 Å². The molecule has 0 amide bonds. The molecule has 0 bridgehead atoms. The Balaban J connectivity index is 1.50. The van der Waals surface area contributed by atoms with Crippen LogP contribution in [0.2, 0.25) is 0 Å². The zero-order chi connectivity index (χ0) is 32.8. The van der Waals surface area contributed by atoms with Gasteiger partial charge in [-0.2, -0.15) is 0 Å². The zero-order valence-corrected chi connectivity index (χ0v) is 24.8. The third kappa shape index (κ3) is 6.41. The molecule has 7 unspecified atom stereocenters. The summed E-state index contributed by atoms with van der Waals surface area (Å²) in [4.78, 5) is 28.3. The molecular weight excluding hydrogens is 666 g/mol. The Kier molecular flexibility index (Phi) is 10.2. The Bertz CT molecular complexity index is 1500. The Hall–Kier alpha value is -1.80. The molecule has 4 rings (SSSR count). The van der Waals surface area contributed by atoms with E-state index in [4.69, 9.17) is 40.4 Å². The molecule has 0 aromatic carbocycles. The van der Waals surface area contributed by atoms with Gasteiger partial charge in [0.25, 0.3) is 5.85 Å². The molecule has 12 atom stereocenters. The number of nitrogens with two attached hydrogens (primary N) is 1. The average Bonchev–Trinajstić information content (AvgIpc) is 3.49. The number of hydrogen-bond donors (Lipinski definition) is 8. The monoisotopic (exact) mass is 693 g/mol. The molecule has 18 nitrogen and oxygen atoms in total. The van der Waals surface area contributed by atoms with E-state index in [-0.39, 0.29) is 22.5 Å². The van der Waals surface area contributed by atoms with E-state index in [9.17, 15) is 39.2 Å². The summed E-state index contributed by atoms with van der Waals surface area (Å²) in [6.45, 7) is -7.72. The van der Waals surface area contributed by atoms with Gasteiger partial charge < -0.3 is 64.2 Å². The summed E-state index contributed by atoms with van der Waals surface area (Å²) >= 11 is 4.64. The van der Waals surface area contributed by atoms with E-state index in [1.807, 2.05) is 0 Å². The molecule has 0 spiro atoms. The molecule has 4 heterocycles. The number of phosphoric ester groups is 1. The summed E-state index contributed by atoms with van der Waals surface area (Å²) in [6.07, 6.45) is -9.61. The number of aliphatic hydroxyl groups excluding tert-OH is 5. The van der Waals surface area contributed by atoms with E-state index >= 15 is 4.39 Å². The van der Waals surface area contributed by atoms with Gasteiger partial charge in [0.2, 0.25) is 0 Å². The number of halogens is 2. The number of terminal acetylenes is 1. The van der Waals surface area contributed by atoms with Gasteiger partial charge in [-0.25, -0.2) is 27.6 Å². The third-order valence-corrected chi connectivity index (χ3v) is 10.3. The molecule has 0 radical (unpaired) electrons. The minimum absolute atomic E-state index is 0.0213. The lowest BCUT2D eigenvalue weighted by molar-refractivity contribution is -0.287. The lowest BCUT2D eigenvalue weighted by Gasteiger charge is -2.41. The number of ether oxygens (including phenoxy) is 3. The summed E-state index contributed by atoms with van der Waals surface area (Å²) in [5, 5.41) is 49.7. The second kappa shape index (κ2) is 12.8. The fourth-order valence-corrected chi connectivity index (χ4v) is 7.64. The molecule has 2 aromatic rings. The molecule has 2 aliphatic rings. The number of fused-ring (bicyclic) bond motifs is 1. The number of phosphoric acid groups is 1. The topological polar surface area (TPSA) is 279 Å². The van der Waals surface area contributed by atoms with Crippen molar-refractivity contribution in [2.45, 2.75) is 60.5 Å². The molecular formula is C21H27F2N3O15P2S. The zero-order valence-electron chi connectivity index (χ0n) is 22.2. The predicted molar refractivity (Wildman–Crippen MR) is 142 cm³/mol. The van der Waals surface area contributed by atoms with Crippen LogP contribution >= 0.6 is 14.5 Å². The first kappa shape index (κ1) is 35.1. The molecule has 0 saturated carbocycles. The standard InChI is InChI=1S/C21H27F2N3O15P2S/c1-3-20(35-2)16(8-5-36-15-10(8)25-7-26-17(15)24)39-21(23,19(20)31)6-37-43(34,44)41-42(32,33)40-18-13(30)11(28)12(29)14(38-18)9(22)4-27/h1,5,7,9,11-14,16,18-19,27-31H,4,6H2,2H3,(H,32,33)(H,34,44)(H2,24,25,26)/t9-,11?,12?,13?,14?,16-,18?,19-,20-,21+,43?/m0/s1. The highest BCUT2D eigenvalue weighted by molar-refractivity contribution is 8.08. The third-order valence-electron chi connectivity index (χ3n) is 6.78. The average molecular weight is 693 g/mol. The summed E-state index contributed by atoms with van der Waals surface area (Å²) in [5.41, 5.74) is 3.45. The van der Waals surface area contributed by atoms with Crippen LogP contribution in [0.1, 0.15) is 11.7 Å². The van der Waals surface area contributed by atoms with E-state index in [1.165, 1.54) is 0 Å². The molecule has 246 valence electrons. The number of aliphatic hydroxyl groups is 5. The Morgan fingerprint density at radius 1 is 1.25 bits per heavy atom. The molecule has 9 N–H and O–H groups in total. The predicted octanol–water partition coefficient (Wildman–Crippen LogP) is -1.57. The van der Waals surface area contributed by atoms with Crippen LogP contribution in [-0.4, -0.2) is 120 Å². The second-order valence-corrected chi connectivity index (χ2v) is 13.9. The second-order valence-electron chi connectivity index (χ2n) is 9.49. The van der Waals surface area contributed by atoms with E-state index in [2.05, 4.69) is 36.5 Å². The summed E-state index contributed by atoms with van der Waals surface area (Å²) in [7, 11) is -4.63. The number of furan rings is 1. The van der Waals surface area contributed by atoms with E-state index in [0.29, 0.717) is 0 Å². The Morgan fingerprint density at radius 2 is 1.93 bits per heavy atom. The number of nitrogen functional groups attached to an aromatic ring is 1. The molecule has 2 fully saturated rings. The van der Waals surface area contributed by atoms with Crippen molar-refractivity contribution < 1.29 is 80.7 Å². The largest absolute Gasteiger partial charge is 0.481 e. The van der Waals surface area contributed by atoms with E-state index in [0.717, 1.165) is 19.7 Å². The van der Waals surface area contributed by atoms with Gasteiger partial charge in [0.15, 0.2) is 35.6 Å². The number of rotatable bonds is 11. The molecule has 2 aromatic heterocycles. The maximum atomic E-state index is 16.1. The van der Waals surface area contributed by atoms with E-state index in [1.54, 1.807) is 0 Å². The SMILES string of the molecule is C#C[C@]1(OC)[C@H](c2coc3c(N)ncnc23)O[C@](F)(COP(O)(=S)OP(=O)(O)OC2OC([C@@H](F)CO)C(O)C(O)C2O)[C@H]1O. The quantitative estimate of drug-likeness (QED) is 0.0974. The van der Waals surface area contributed by atoms with Crippen LogP contribution in [-0.2, 0) is 43.9 Å². The van der Waals surface area contributed by atoms with Crippen molar-refractivity contribution >= 4 is 43.3 Å². The van der Waals surface area contributed by atoms with Crippen molar-refractivity contribution in [1.82, 2.24) is 9.97 Å². The fraction of sp³-hybridized carbons (Fsp3) is 0.619. The molecule has 0 aliphatic carbocycles. The highest BCUT2D eigenvalue weighted by Crippen LogP contribution is 2.62. The lowest BCUT2D eigenvalue weighted by Crippen LogP contribution is -2.60. The van der Waals surface area contributed by atoms with Gasteiger partial charge in [0.1, 0.15) is 49.0 Å². The maximum absolute atomic E-state index is 16.1. The van der Waals surface area contributed by atoms with Crippen molar-refractivity contribution in [2.24, 2.45) is 0 Å². The van der Waals surface area contributed by atoms with Gasteiger partial charge in [-0.1, -0.05) is 5.92 Å². The lowest BCUT2D eigenvalue weighted by atomic mass is 9.87. The maximum Gasteiger partial charge on any atom is 0.481 e. The first-order valence-corrected chi connectivity index (χ1v) is 16.2. The summed E-state index contributed by atoms with van der Waals surface area (Å²) in [6, 6.07) is 0. The normalized spacial score (nSPS) is 37.7. The van der Waals surface area contributed by atoms with Crippen molar-refractivity contribution in [3.8, 4) is 12.3 Å². The Labute approximate surface area is 251 Å². The fourth-order valence-electron chi connectivity index (χ4n) is 4.56. The molecule has 23 heteroatoms. The highest BCUT2D eigenvalue weighted by Gasteiger charge is 2.66. The summed E-state index contributed by atoms with van der Waals surface area (Å²) < 4.78 is 77.3.